The van der Waals surface area contributed by atoms with Gasteiger partial charge in [-0.3, -0.25) is 0 Å². The Balaban J connectivity index is 1.42. The number of sulfonamides is 1. The third kappa shape index (κ3) is 3.45. The normalized spacial score (nSPS) is 15.4. The predicted octanol–water partition coefficient (Wildman–Crippen LogP) is 2.46. The van der Waals surface area contributed by atoms with E-state index >= 15 is 0 Å². The van der Waals surface area contributed by atoms with E-state index in [1.54, 1.807) is 37.4 Å². The molecule has 0 spiro atoms. The fraction of sp³-hybridized carbons (Fsp3) is 0.263. The van der Waals surface area contributed by atoms with Gasteiger partial charge in [0.05, 0.1) is 17.9 Å². The molecule has 4 rings (SSSR count). The molecule has 0 N–H and O–H groups in total. The first kappa shape index (κ1) is 17.7. The van der Waals surface area contributed by atoms with Crippen molar-refractivity contribution in [2.24, 2.45) is 0 Å². The molecule has 1 aliphatic rings. The molecule has 0 amide bonds. The number of para-hydroxylation sites is 1. The second-order valence-electron chi connectivity index (χ2n) is 6.37. The summed E-state index contributed by atoms with van der Waals surface area (Å²) in [4.78, 5) is 4.73. The minimum absolute atomic E-state index is 0.0811. The molecule has 2 aromatic carbocycles. The first-order chi connectivity index (χ1) is 13.1. The second kappa shape index (κ2) is 7.13. The zero-order chi connectivity index (χ0) is 18.9. The Bertz CT molecular complexity index is 1030. The van der Waals surface area contributed by atoms with Crippen molar-refractivity contribution < 1.29 is 17.7 Å². The summed E-state index contributed by atoms with van der Waals surface area (Å²) in [5.74, 6) is 1.72. The molecule has 0 unspecified atom stereocenters. The molecule has 2 heterocycles. The van der Waals surface area contributed by atoms with Crippen LogP contribution in [0.1, 0.15) is 23.2 Å². The highest BCUT2D eigenvalue weighted by molar-refractivity contribution is 7.89. The van der Waals surface area contributed by atoms with Gasteiger partial charge in [0.1, 0.15) is 5.75 Å². The van der Waals surface area contributed by atoms with E-state index in [1.807, 2.05) is 24.3 Å². The Kier molecular flexibility index (Phi) is 4.67. The molecule has 0 aliphatic carbocycles. The van der Waals surface area contributed by atoms with Crippen LogP contribution in [0.3, 0.4) is 0 Å². The average molecular weight is 385 g/mol. The van der Waals surface area contributed by atoms with Gasteiger partial charge in [-0.15, -0.1) is 0 Å². The van der Waals surface area contributed by atoms with E-state index in [9.17, 15) is 8.42 Å². The van der Waals surface area contributed by atoms with Crippen LogP contribution in [0.4, 0.5) is 0 Å². The number of methoxy groups -OCH3 is 1. The molecule has 0 atom stereocenters. The van der Waals surface area contributed by atoms with Crippen LogP contribution in [0.2, 0.25) is 0 Å². The number of ether oxygens (including phenoxy) is 1. The Morgan fingerprint density at radius 3 is 2.56 bits per heavy atom. The molecule has 3 aromatic rings. The SMILES string of the molecule is COc1ccccc1Cc1noc(C2CN(S(=O)(=O)c3ccccc3)C2)n1. The highest BCUT2D eigenvalue weighted by Crippen LogP contribution is 2.31. The number of benzene rings is 2. The Hall–Kier alpha value is -2.71. The lowest BCUT2D eigenvalue weighted by Crippen LogP contribution is -2.48. The van der Waals surface area contributed by atoms with Gasteiger partial charge < -0.3 is 9.26 Å². The minimum atomic E-state index is -3.47. The maximum Gasteiger partial charge on any atom is 0.243 e. The van der Waals surface area contributed by atoms with Crippen LogP contribution in [-0.2, 0) is 16.4 Å². The first-order valence-electron chi connectivity index (χ1n) is 8.57. The maximum atomic E-state index is 12.6. The monoisotopic (exact) mass is 385 g/mol. The summed E-state index contributed by atoms with van der Waals surface area (Å²) in [5.41, 5.74) is 0.967. The fourth-order valence-corrected chi connectivity index (χ4v) is 4.61. The van der Waals surface area contributed by atoms with Crippen molar-refractivity contribution in [3.8, 4) is 5.75 Å². The molecular formula is C19H19N3O4S. The van der Waals surface area contributed by atoms with E-state index in [1.165, 1.54) is 4.31 Å². The zero-order valence-corrected chi connectivity index (χ0v) is 15.6. The quantitative estimate of drug-likeness (QED) is 0.648. The van der Waals surface area contributed by atoms with Gasteiger partial charge in [-0.1, -0.05) is 41.6 Å². The van der Waals surface area contributed by atoms with Crippen molar-refractivity contribution in [1.82, 2.24) is 14.4 Å². The topological polar surface area (TPSA) is 85.5 Å². The first-order valence-corrected chi connectivity index (χ1v) is 10.0. The van der Waals surface area contributed by atoms with E-state index in [0.29, 0.717) is 36.1 Å². The van der Waals surface area contributed by atoms with Crippen LogP contribution < -0.4 is 4.74 Å². The lowest BCUT2D eigenvalue weighted by Gasteiger charge is -2.35. The Morgan fingerprint density at radius 1 is 1.11 bits per heavy atom. The lowest BCUT2D eigenvalue weighted by atomic mass is 10.0. The molecule has 1 aromatic heterocycles. The summed E-state index contributed by atoms with van der Waals surface area (Å²) in [6.07, 6.45) is 0.492. The van der Waals surface area contributed by atoms with Gasteiger partial charge in [-0.25, -0.2) is 8.42 Å². The molecule has 1 aliphatic heterocycles. The van der Waals surface area contributed by atoms with Gasteiger partial charge in [0.2, 0.25) is 15.9 Å². The van der Waals surface area contributed by atoms with Crippen molar-refractivity contribution in [3.05, 3.63) is 71.9 Å². The van der Waals surface area contributed by atoms with Crippen LogP contribution in [-0.4, -0.2) is 43.1 Å². The molecule has 0 saturated carbocycles. The zero-order valence-electron chi connectivity index (χ0n) is 14.8. The molecule has 8 heteroatoms. The number of hydrogen-bond donors (Lipinski definition) is 0. The van der Waals surface area contributed by atoms with Crippen LogP contribution in [0.5, 0.6) is 5.75 Å². The van der Waals surface area contributed by atoms with E-state index < -0.39 is 10.0 Å². The van der Waals surface area contributed by atoms with E-state index in [4.69, 9.17) is 9.26 Å². The van der Waals surface area contributed by atoms with Gasteiger partial charge in [-0.05, 0) is 18.2 Å². The minimum Gasteiger partial charge on any atom is -0.496 e. The number of rotatable bonds is 6. The van der Waals surface area contributed by atoms with E-state index in [2.05, 4.69) is 10.1 Å². The second-order valence-corrected chi connectivity index (χ2v) is 8.31. The third-order valence-corrected chi connectivity index (χ3v) is 6.45. The summed E-state index contributed by atoms with van der Waals surface area (Å²) < 4.78 is 37.2. The van der Waals surface area contributed by atoms with Crippen molar-refractivity contribution in [2.75, 3.05) is 20.2 Å². The Morgan fingerprint density at radius 2 is 1.81 bits per heavy atom. The molecule has 1 saturated heterocycles. The number of aromatic nitrogens is 2. The maximum absolute atomic E-state index is 12.6. The van der Waals surface area contributed by atoms with Crippen LogP contribution in [0, 0.1) is 0 Å². The van der Waals surface area contributed by atoms with Crippen LogP contribution in [0.15, 0.2) is 64.0 Å². The van der Waals surface area contributed by atoms with Crippen molar-refractivity contribution in [2.45, 2.75) is 17.2 Å². The van der Waals surface area contributed by atoms with Gasteiger partial charge in [0.15, 0.2) is 5.82 Å². The summed E-state index contributed by atoms with van der Waals surface area (Å²) in [6.45, 7) is 0.682. The fourth-order valence-electron chi connectivity index (χ4n) is 3.06. The molecular weight excluding hydrogens is 366 g/mol. The smallest absolute Gasteiger partial charge is 0.243 e. The van der Waals surface area contributed by atoms with Crippen molar-refractivity contribution >= 4 is 10.0 Å². The highest BCUT2D eigenvalue weighted by Gasteiger charge is 2.40. The van der Waals surface area contributed by atoms with Crippen LogP contribution in [0.25, 0.3) is 0 Å². The third-order valence-electron chi connectivity index (χ3n) is 4.60. The average Bonchev–Trinajstić information content (AvgIpc) is 3.09. The van der Waals surface area contributed by atoms with Crippen LogP contribution >= 0.6 is 0 Å². The summed E-state index contributed by atoms with van der Waals surface area (Å²) in [6, 6.07) is 16.1. The van der Waals surface area contributed by atoms with E-state index in [0.717, 1.165) is 11.3 Å². The largest absolute Gasteiger partial charge is 0.496 e. The Labute approximate surface area is 157 Å². The van der Waals surface area contributed by atoms with Gasteiger partial charge in [0, 0.05) is 25.1 Å². The summed E-state index contributed by atoms with van der Waals surface area (Å²) in [7, 11) is -1.85. The predicted molar refractivity (Wildman–Crippen MR) is 98.0 cm³/mol. The number of nitrogens with zero attached hydrogens (tertiary/aromatic N) is 3. The molecule has 27 heavy (non-hydrogen) atoms. The van der Waals surface area contributed by atoms with Gasteiger partial charge in [0.25, 0.3) is 0 Å². The van der Waals surface area contributed by atoms with Gasteiger partial charge in [-0.2, -0.15) is 9.29 Å². The highest BCUT2D eigenvalue weighted by atomic mass is 32.2. The molecule has 7 nitrogen and oxygen atoms in total. The molecule has 1 fully saturated rings. The molecule has 140 valence electrons. The summed E-state index contributed by atoms with van der Waals surface area (Å²) >= 11 is 0. The van der Waals surface area contributed by atoms with Crippen molar-refractivity contribution in [3.63, 3.8) is 0 Å². The summed E-state index contributed by atoms with van der Waals surface area (Å²) in [5, 5.41) is 4.03. The molecule has 0 radical (unpaired) electrons. The van der Waals surface area contributed by atoms with Crippen molar-refractivity contribution in [1.29, 1.82) is 0 Å². The standard InChI is InChI=1S/C19H19N3O4S/c1-25-17-10-6-5-7-14(17)11-18-20-19(26-21-18)15-12-22(13-15)27(23,24)16-8-3-2-4-9-16/h2-10,15H,11-13H2,1H3. The lowest BCUT2D eigenvalue weighted by molar-refractivity contribution is 0.216. The van der Waals surface area contributed by atoms with Gasteiger partial charge >= 0.3 is 0 Å². The number of hydrogen-bond acceptors (Lipinski definition) is 6. The van der Waals surface area contributed by atoms with E-state index in [-0.39, 0.29) is 5.92 Å². The molecule has 0 bridgehead atoms.